The topological polar surface area (TPSA) is 184 Å². The van der Waals surface area contributed by atoms with Gasteiger partial charge in [-0.2, -0.15) is 8.42 Å². The van der Waals surface area contributed by atoms with Crippen molar-refractivity contribution in [1.82, 2.24) is 0 Å². The van der Waals surface area contributed by atoms with E-state index in [1.54, 1.807) is 6.92 Å². The van der Waals surface area contributed by atoms with Crippen molar-refractivity contribution in [2.45, 2.75) is 152 Å². The van der Waals surface area contributed by atoms with Crippen molar-refractivity contribution in [3.8, 4) is 0 Å². The highest BCUT2D eigenvalue weighted by atomic mass is 32.2. The first kappa shape index (κ1) is 67.5. The molecule has 11 rings (SSSR count). The zero-order valence-corrected chi connectivity index (χ0v) is 53.0. The Balaban J connectivity index is 1.02. The second-order valence-corrected chi connectivity index (χ2v) is 25.0. The standard InChI is InChI=1S/C75H82O17S/c1-53-64(92-93(2,77)78)67(81-45-56-31-15-5-16-32-56)71(85-49-60-39-23-9-24-40-60)74(87-53)90-66-63(52-80-44-55-29-13-4-14-30-55)89-75(72(86-50-61-41-25-10-26-42-61)69(66)83-47-58-35-19-7-20-36-58)91-65-62(51-79-43-54-27-11-3-12-28-54)88-73(76)70(84-48-59-37-21-8-22-38-59)68(65)82-46-57-33-17-6-18-34-57/h3-42,53,62-76H,43-52H2,1-2H3/t53-,62-,63-,64+,65-,66-,67+,68+,69+,70-,71-,72-,73-,74-,75-/m1/s1. The first-order valence-electron chi connectivity index (χ1n) is 31.6. The Hall–Kier alpha value is -6.89. The molecular weight excluding hydrogens is 1200 g/mol. The van der Waals surface area contributed by atoms with Gasteiger partial charge >= 0.3 is 0 Å². The average molecular weight is 1290 g/mol. The lowest BCUT2D eigenvalue weighted by Crippen LogP contribution is -2.68. The molecule has 8 aromatic rings. The van der Waals surface area contributed by atoms with E-state index in [0.717, 1.165) is 50.8 Å². The number of hydrogen-bond acceptors (Lipinski definition) is 17. The monoisotopic (exact) mass is 1290 g/mol. The third-order valence-corrected chi connectivity index (χ3v) is 16.9. The SMILES string of the molecule is C[C@H]1O[C@H](O[C@H]2[C@H](OCc3ccccc3)[C@@H](OCc3ccccc3)[C@@H](O[C@H]3[C@H](OCc4ccccc4)[C@@H](OCc4ccccc4)[C@H](O)O[C@@H]3COCc3ccccc3)O[C@@H]2COCc2ccccc2)[C@H](OCc2ccccc2)[C@@H](OCc2ccccc2)[C@H]1OS(C)(=O)=O. The molecule has 1 N–H and O–H groups in total. The maximum atomic E-state index is 13.3. The number of rotatable bonds is 32. The summed E-state index contributed by atoms with van der Waals surface area (Å²) in [5.41, 5.74) is 6.90. The molecule has 0 amide bonds. The smallest absolute Gasteiger partial charge is 0.264 e. The second-order valence-electron chi connectivity index (χ2n) is 23.4. The quantitative estimate of drug-likeness (QED) is 0.0392. The zero-order valence-electron chi connectivity index (χ0n) is 52.2. The number of aliphatic hydroxyl groups excluding tert-OH is 1. The van der Waals surface area contributed by atoms with Gasteiger partial charge in [0.15, 0.2) is 18.9 Å². The summed E-state index contributed by atoms with van der Waals surface area (Å²) in [5, 5.41) is 12.2. The fourth-order valence-corrected chi connectivity index (χ4v) is 12.3. The Kier molecular flexibility index (Phi) is 25.0. The minimum Gasteiger partial charge on any atom is -0.374 e. The number of hydrogen-bond donors (Lipinski definition) is 1. The van der Waals surface area contributed by atoms with Crippen LogP contribution in [0.2, 0.25) is 0 Å². The van der Waals surface area contributed by atoms with Crippen LogP contribution in [0.3, 0.4) is 0 Å². The van der Waals surface area contributed by atoms with Gasteiger partial charge in [-0.05, 0) is 51.4 Å². The van der Waals surface area contributed by atoms with Crippen LogP contribution < -0.4 is 0 Å². The van der Waals surface area contributed by atoms with E-state index in [2.05, 4.69) is 0 Å². The van der Waals surface area contributed by atoms with Gasteiger partial charge < -0.3 is 66.7 Å². The summed E-state index contributed by atoms with van der Waals surface area (Å²) < 4.78 is 124. The fraction of sp³-hybridized carbons (Fsp3) is 0.360. The number of benzene rings is 8. The minimum absolute atomic E-state index is 0.0509. The molecule has 0 spiro atoms. The molecule has 0 aliphatic carbocycles. The van der Waals surface area contributed by atoms with Crippen LogP contribution in [0.4, 0.5) is 0 Å². The summed E-state index contributed by atoms with van der Waals surface area (Å²) in [6.45, 7) is 2.42. The van der Waals surface area contributed by atoms with E-state index < -0.39 is 102 Å². The van der Waals surface area contributed by atoms with Crippen molar-refractivity contribution in [3.05, 3.63) is 287 Å². The summed E-state index contributed by atoms with van der Waals surface area (Å²) in [7, 11) is -4.10. The molecule has 0 saturated carbocycles. The van der Waals surface area contributed by atoms with Gasteiger partial charge in [0, 0.05) is 0 Å². The Morgan fingerprint density at radius 2 is 0.581 bits per heavy atom. The summed E-state index contributed by atoms with van der Waals surface area (Å²) in [6, 6.07) is 77.5. The van der Waals surface area contributed by atoms with E-state index in [1.165, 1.54) is 0 Å². The largest absolute Gasteiger partial charge is 0.374 e. The molecule has 0 radical (unpaired) electrons. The van der Waals surface area contributed by atoms with Crippen LogP contribution in [0.5, 0.6) is 0 Å². The summed E-state index contributed by atoms with van der Waals surface area (Å²) >= 11 is 0. The molecule has 15 atom stereocenters. The second kappa shape index (κ2) is 34.5. The highest BCUT2D eigenvalue weighted by Gasteiger charge is 2.57. The molecule has 93 heavy (non-hydrogen) atoms. The maximum Gasteiger partial charge on any atom is 0.264 e. The molecule has 3 heterocycles. The summed E-state index contributed by atoms with van der Waals surface area (Å²) in [5.74, 6) is 0. The predicted octanol–water partition coefficient (Wildman–Crippen LogP) is 11.2. The lowest BCUT2D eigenvalue weighted by atomic mass is 9.95. The average Bonchev–Trinajstić information content (AvgIpc) is 0.785. The van der Waals surface area contributed by atoms with E-state index >= 15 is 0 Å². The highest BCUT2D eigenvalue weighted by molar-refractivity contribution is 7.86. The first-order valence-corrected chi connectivity index (χ1v) is 33.4. The van der Waals surface area contributed by atoms with Crippen molar-refractivity contribution in [2.75, 3.05) is 19.5 Å². The molecule has 17 nitrogen and oxygen atoms in total. The van der Waals surface area contributed by atoms with Crippen molar-refractivity contribution in [2.24, 2.45) is 0 Å². The Morgan fingerprint density at radius 1 is 0.323 bits per heavy atom. The fourth-order valence-electron chi connectivity index (χ4n) is 11.6. The van der Waals surface area contributed by atoms with Crippen molar-refractivity contribution >= 4 is 10.1 Å². The van der Waals surface area contributed by atoms with E-state index in [0.29, 0.717) is 0 Å². The summed E-state index contributed by atoms with van der Waals surface area (Å²) in [6.07, 6.45) is -16.3. The molecule has 18 heteroatoms. The minimum atomic E-state index is -4.10. The third kappa shape index (κ3) is 19.8. The van der Waals surface area contributed by atoms with Crippen molar-refractivity contribution in [3.63, 3.8) is 0 Å². The van der Waals surface area contributed by atoms with E-state index in [1.807, 2.05) is 243 Å². The van der Waals surface area contributed by atoms with Crippen LogP contribution in [0.25, 0.3) is 0 Å². The molecule has 3 aliphatic heterocycles. The Labute approximate surface area is 545 Å². The van der Waals surface area contributed by atoms with Crippen LogP contribution in [0.15, 0.2) is 243 Å². The lowest BCUT2D eigenvalue weighted by Gasteiger charge is -2.51. The Morgan fingerprint density at radius 3 is 0.903 bits per heavy atom. The van der Waals surface area contributed by atoms with Gasteiger partial charge in [-0.25, -0.2) is 0 Å². The van der Waals surface area contributed by atoms with Crippen LogP contribution in [0.1, 0.15) is 51.4 Å². The summed E-state index contributed by atoms with van der Waals surface area (Å²) in [4.78, 5) is 0. The van der Waals surface area contributed by atoms with Crippen LogP contribution in [-0.2, 0) is 129 Å². The normalized spacial score (nSPS) is 26.5. The van der Waals surface area contributed by atoms with Gasteiger partial charge in [-0.3, -0.25) is 4.18 Å². The van der Waals surface area contributed by atoms with Crippen molar-refractivity contribution in [1.29, 1.82) is 0 Å². The molecule has 3 fully saturated rings. The lowest BCUT2D eigenvalue weighted by molar-refractivity contribution is -0.391. The van der Waals surface area contributed by atoms with Gasteiger partial charge in [-0.1, -0.05) is 243 Å². The van der Waals surface area contributed by atoms with Gasteiger partial charge in [0.25, 0.3) is 10.1 Å². The zero-order chi connectivity index (χ0) is 64.0. The van der Waals surface area contributed by atoms with Gasteiger partial charge in [-0.15, -0.1) is 0 Å². The maximum absolute atomic E-state index is 13.3. The molecule has 8 aromatic carbocycles. The first-order chi connectivity index (χ1) is 45.6. The van der Waals surface area contributed by atoms with E-state index in [9.17, 15) is 13.5 Å². The molecular formula is C75H82O17S. The Bertz CT molecular complexity index is 3500. The number of aliphatic hydroxyl groups is 1. The van der Waals surface area contributed by atoms with Gasteiger partial charge in [0.1, 0.15) is 67.1 Å². The van der Waals surface area contributed by atoms with Crippen molar-refractivity contribution < 1.29 is 79.3 Å². The van der Waals surface area contributed by atoms with Crippen LogP contribution >= 0.6 is 0 Å². The molecule has 0 aromatic heterocycles. The molecule has 3 saturated heterocycles. The van der Waals surface area contributed by atoms with Crippen LogP contribution in [-0.4, -0.2) is 125 Å². The molecule has 490 valence electrons. The van der Waals surface area contributed by atoms with E-state index in [4.69, 9.17) is 65.8 Å². The molecule has 0 bridgehead atoms. The van der Waals surface area contributed by atoms with Crippen LogP contribution in [0, 0.1) is 0 Å². The third-order valence-electron chi connectivity index (χ3n) is 16.3. The highest BCUT2D eigenvalue weighted by Crippen LogP contribution is 2.39. The molecule has 3 aliphatic rings. The van der Waals surface area contributed by atoms with E-state index in [-0.39, 0.29) is 66.1 Å². The predicted molar refractivity (Wildman–Crippen MR) is 346 cm³/mol. The molecule has 0 unspecified atom stereocenters. The number of ether oxygens (including phenoxy) is 13. The van der Waals surface area contributed by atoms with Gasteiger partial charge in [0.05, 0.1) is 78.4 Å². The van der Waals surface area contributed by atoms with Gasteiger partial charge in [0.2, 0.25) is 0 Å².